The summed E-state index contributed by atoms with van der Waals surface area (Å²) in [6, 6.07) is 17.8. The van der Waals surface area contributed by atoms with Gasteiger partial charge in [0.05, 0.1) is 26.2 Å². The maximum atomic E-state index is 12.7. The second-order valence-corrected chi connectivity index (χ2v) is 8.31. The first kappa shape index (κ1) is 23.1. The van der Waals surface area contributed by atoms with Crippen LogP contribution in [0.2, 0.25) is 10.0 Å². The zero-order valence-corrected chi connectivity index (χ0v) is 18.9. The Morgan fingerprint density at radius 1 is 1.03 bits per heavy atom. The van der Waals surface area contributed by atoms with E-state index in [9.17, 15) is 20.2 Å². The van der Waals surface area contributed by atoms with E-state index in [4.69, 9.17) is 33.2 Å². The molecule has 3 aromatic rings. The smallest absolute Gasteiger partial charge is 0.289 e. The van der Waals surface area contributed by atoms with Crippen LogP contribution in [0.3, 0.4) is 0 Å². The van der Waals surface area contributed by atoms with Crippen LogP contribution in [0.1, 0.15) is 29.0 Å². The van der Waals surface area contributed by atoms with Gasteiger partial charge in [-0.15, -0.1) is 0 Å². The number of benzene rings is 3. The van der Waals surface area contributed by atoms with Gasteiger partial charge < -0.3 is 9.64 Å². The molecule has 0 aliphatic carbocycles. The van der Waals surface area contributed by atoms with E-state index in [1.165, 1.54) is 23.1 Å². The summed E-state index contributed by atoms with van der Waals surface area (Å²) in [6.45, 7) is 0.276. The number of hydrogen-bond acceptors (Lipinski definition) is 6. The van der Waals surface area contributed by atoms with Crippen LogP contribution >= 0.6 is 23.2 Å². The number of halogens is 2. The average molecular weight is 493 g/mol. The lowest BCUT2D eigenvalue weighted by atomic mass is 9.98. The fourth-order valence-corrected chi connectivity index (χ4v) is 4.15. The van der Waals surface area contributed by atoms with Crippen LogP contribution in [-0.2, 0) is 4.79 Å². The number of nitro groups is 1. The van der Waals surface area contributed by atoms with E-state index < -0.39 is 4.92 Å². The Balaban J connectivity index is 1.62. The van der Waals surface area contributed by atoms with Crippen LogP contribution in [0.25, 0.3) is 0 Å². The largest absolute Gasteiger partial charge is 0.453 e. The highest BCUT2D eigenvalue weighted by molar-refractivity contribution is 6.33. The molecule has 0 bridgehead atoms. The Morgan fingerprint density at radius 2 is 1.79 bits per heavy atom. The van der Waals surface area contributed by atoms with Crippen molar-refractivity contribution in [3.63, 3.8) is 0 Å². The number of amides is 1. The fraction of sp³-hybridized carbons (Fsp3) is 0.125. The van der Waals surface area contributed by atoms with Gasteiger partial charge in [0.15, 0.2) is 5.75 Å². The minimum atomic E-state index is -0.646. The maximum absolute atomic E-state index is 12.7. The van der Waals surface area contributed by atoms with Crippen molar-refractivity contribution in [1.29, 1.82) is 10.5 Å². The molecule has 1 fully saturated rings. The van der Waals surface area contributed by atoms with E-state index in [1.54, 1.807) is 42.5 Å². The highest BCUT2D eigenvalue weighted by atomic mass is 35.5. The van der Waals surface area contributed by atoms with Crippen molar-refractivity contribution in [2.24, 2.45) is 0 Å². The van der Waals surface area contributed by atoms with Gasteiger partial charge >= 0.3 is 0 Å². The molecule has 0 unspecified atom stereocenters. The summed E-state index contributed by atoms with van der Waals surface area (Å²) in [7, 11) is 0. The molecule has 10 heteroatoms. The topological polar surface area (TPSA) is 120 Å². The standard InChI is InChI=1S/C24H14Cl2N4O4/c25-19-7-5-14(8-22(19)34-24-16(12-28)2-1-3-20(24)26)17-9-23(31)29(13-17)18-6-4-15(11-27)21(10-18)30(32)33/h1-8,10,17H,9,13H2/t17-/m0/s1. The number of nitrogens with zero attached hydrogens (tertiary/aromatic N) is 4. The molecule has 1 amide bonds. The number of hydrogen-bond donors (Lipinski definition) is 0. The third-order valence-corrected chi connectivity index (χ3v) is 6.07. The zero-order chi connectivity index (χ0) is 24.4. The van der Waals surface area contributed by atoms with Crippen LogP contribution in [0, 0.1) is 32.8 Å². The van der Waals surface area contributed by atoms with Gasteiger partial charge in [0.1, 0.15) is 23.5 Å². The van der Waals surface area contributed by atoms with Crippen molar-refractivity contribution in [3.05, 3.63) is 91.4 Å². The van der Waals surface area contributed by atoms with Gasteiger partial charge in [0.25, 0.3) is 5.69 Å². The first-order valence-corrected chi connectivity index (χ1v) is 10.7. The molecular weight excluding hydrogens is 479 g/mol. The number of carbonyl (C=O) groups excluding carboxylic acids is 1. The Bertz CT molecular complexity index is 1410. The molecule has 1 aliphatic rings. The van der Waals surface area contributed by atoms with E-state index in [0.29, 0.717) is 10.7 Å². The minimum Gasteiger partial charge on any atom is -0.453 e. The van der Waals surface area contributed by atoms with Crippen LogP contribution < -0.4 is 9.64 Å². The molecule has 8 nitrogen and oxygen atoms in total. The molecule has 0 N–H and O–H groups in total. The summed E-state index contributed by atoms with van der Waals surface area (Å²) in [5.74, 6) is 0.0196. The van der Waals surface area contributed by atoms with Gasteiger partial charge in [0, 0.05) is 24.9 Å². The van der Waals surface area contributed by atoms with Crippen molar-refractivity contribution in [1.82, 2.24) is 0 Å². The Hall–Kier alpha value is -4.11. The lowest BCUT2D eigenvalue weighted by molar-refractivity contribution is -0.385. The van der Waals surface area contributed by atoms with Crippen molar-refractivity contribution < 1.29 is 14.5 Å². The van der Waals surface area contributed by atoms with E-state index in [1.807, 2.05) is 6.07 Å². The first-order chi connectivity index (χ1) is 16.3. The van der Waals surface area contributed by atoms with Crippen LogP contribution in [0.15, 0.2) is 54.6 Å². The summed E-state index contributed by atoms with van der Waals surface area (Å²) < 4.78 is 5.88. The second kappa shape index (κ2) is 9.40. The highest BCUT2D eigenvalue weighted by Gasteiger charge is 2.33. The Morgan fingerprint density at radius 3 is 2.50 bits per heavy atom. The zero-order valence-electron chi connectivity index (χ0n) is 17.4. The molecule has 1 saturated heterocycles. The first-order valence-electron chi connectivity index (χ1n) is 9.97. The molecule has 0 aromatic heterocycles. The molecule has 4 rings (SSSR count). The highest BCUT2D eigenvalue weighted by Crippen LogP contribution is 2.40. The summed E-state index contributed by atoms with van der Waals surface area (Å²) in [4.78, 5) is 24.9. The number of rotatable bonds is 5. The van der Waals surface area contributed by atoms with Crippen molar-refractivity contribution >= 4 is 40.5 Å². The quantitative estimate of drug-likeness (QED) is 0.320. The molecule has 1 atom stereocenters. The summed E-state index contributed by atoms with van der Waals surface area (Å²) in [6.07, 6.45) is 0.171. The van der Waals surface area contributed by atoms with E-state index in [0.717, 1.165) is 5.56 Å². The van der Waals surface area contributed by atoms with Crippen LogP contribution in [-0.4, -0.2) is 17.4 Å². The van der Waals surface area contributed by atoms with E-state index in [-0.39, 0.29) is 58.1 Å². The Labute approximate surface area is 204 Å². The molecule has 1 aliphatic heterocycles. The summed E-state index contributed by atoms with van der Waals surface area (Å²) in [5.41, 5.74) is 0.931. The van der Waals surface area contributed by atoms with Gasteiger partial charge in [-0.25, -0.2) is 0 Å². The van der Waals surface area contributed by atoms with Crippen molar-refractivity contribution in [3.8, 4) is 23.6 Å². The average Bonchev–Trinajstić information content (AvgIpc) is 3.22. The molecule has 168 valence electrons. The molecule has 0 radical (unpaired) electrons. The molecule has 0 spiro atoms. The third-order valence-electron chi connectivity index (χ3n) is 5.46. The number of nitriles is 2. The molecule has 0 saturated carbocycles. The normalized spacial score (nSPS) is 15.0. The van der Waals surface area contributed by atoms with Gasteiger partial charge in [-0.3, -0.25) is 14.9 Å². The molecule has 3 aromatic carbocycles. The van der Waals surface area contributed by atoms with E-state index >= 15 is 0 Å². The number of nitro benzene ring substituents is 1. The molecular formula is C24H14Cl2N4O4. The SMILES string of the molecule is N#Cc1ccc(N2C[C@@H](c3ccc(Cl)c(Oc4c(Cl)cccc4C#N)c3)CC2=O)cc1[N+](=O)[O-]. The minimum absolute atomic E-state index is 0.0762. The summed E-state index contributed by atoms with van der Waals surface area (Å²) in [5, 5.41) is 30.3. The van der Waals surface area contributed by atoms with Gasteiger partial charge in [0.2, 0.25) is 5.91 Å². The monoisotopic (exact) mass is 492 g/mol. The number of anilines is 1. The van der Waals surface area contributed by atoms with Crippen LogP contribution in [0.5, 0.6) is 11.5 Å². The van der Waals surface area contributed by atoms with Crippen molar-refractivity contribution in [2.75, 3.05) is 11.4 Å². The van der Waals surface area contributed by atoms with E-state index in [2.05, 4.69) is 0 Å². The number of ether oxygens (including phenoxy) is 1. The number of carbonyl (C=O) groups is 1. The fourth-order valence-electron chi connectivity index (χ4n) is 3.78. The molecule has 1 heterocycles. The molecule has 34 heavy (non-hydrogen) atoms. The number of para-hydroxylation sites is 1. The van der Waals surface area contributed by atoms with Gasteiger partial charge in [-0.05, 0) is 42.0 Å². The lowest BCUT2D eigenvalue weighted by Crippen LogP contribution is -2.24. The summed E-state index contributed by atoms with van der Waals surface area (Å²) >= 11 is 12.5. The second-order valence-electron chi connectivity index (χ2n) is 7.50. The maximum Gasteiger partial charge on any atom is 0.289 e. The van der Waals surface area contributed by atoms with Gasteiger partial charge in [-0.2, -0.15) is 10.5 Å². The third kappa shape index (κ3) is 4.38. The van der Waals surface area contributed by atoms with Crippen LogP contribution in [0.4, 0.5) is 11.4 Å². The van der Waals surface area contributed by atoms with Crippen molar-refractivity contribution in [2.45, 2.75) is 12.3 Å². The predicted octanol–water partition coefficient (Wildman–Crippen LogP) is 5.96. The lowest BCUT2D eigenvalue weighted by Gasteiger charge is -2.18. The van der Waals surface area contributed by atoms with Gasteiger partial charge in [-0.1, -0.05) is 35.3 Å². The Kier molecular flexibility index (Phi) is 6.38. The predicted molar refractivity (Wildman–Crippen MR) is 125 cm³/mol.